The van der Waals surface area contributed by atoms with Gasteiger partial charge in [0.05, 0.1) is 11.1 Å². The molecule has 0 aliphatic carbocycles. The van der Waals surface area contributed by atoms with Crippen LogP contribution >= 0.6 is 11.3 Å². The number of benzene rings is 2. The monoisotopic (exact) mass is 330 g/mol. The summed E-state index contributed by atoms with van der Waals surface area (Å²) >= 11 is 1.11. The van der Waals surface area contributed by atoms with Gasteiger partial charge in [0.2, 0.25) is 9.84 Å². The summed E-state index contributed by atoms with van der Waals surface area (Å²) in [5, 5.41) is 0.609. The lowest BCUT2D eigenvalue weighted by molar-refractivity contribution is 0.598. The van der Waals surface area contributed by atoms with Crippen molar-refractivity contribution >= 4 is 21.2 Å². The van der Waals surface area contributed by atoms with E-state index in [9.17, 15) is 8.42 Å². The Morgan fingerprint density at radius 1 is 1.00 bits per heavy atom. The molecule has 2 N–H and O–H groups in total. The fourth-order valence-electron chi connectivity index (χ4n) is 2.10. The van der Waals surface area contributed by atoms with E-state index < -0.39 is 9.84 Å². The van der Waals surface area contributed by atoms with E-state index in [2.05, 4.69) is 4.98 Å². The molecular weight excluding hydrogens is 316 g/mol. The Bertz CT molecular complexity index is 887. The highest BCUT2D eigenvalue weighted by atomic mass is 32.2. The number of rotatable bonds is 4. The molecule has 0 atom stereocenters. The summed E-state index contributed by atoms with van der Waals surface area (Å²) in [4.78, 5) is 4.29. The van der Waals surface area contributed by atoms with Crippen LogP contribution in [0.4, 0.5) is 0 Å². The Hall–Kier alpha value is -2.02. The number of thiazole rings is 1. The van der Waals surface area contributed by atoms with Crippen molar-refractivity contribution in [3.8, 4) is 11.1 Å². The lowest BCUT2D eigenvalue weighted by Gasteiger charge is -2.05. The minimum atomic E-state index is -3.56. The maximum Gasteiger partial charge on any atom is 0.217 e. The van der Waals surface area contributed by atoms with Gasteiger partial charge in [0.1, 0.15) is 9.22 Å². The molecular formula is C16H14N2O2S2. The van der Waals surface area contributed by atoms with Gasteiger partial charge >= 0.3 is 0 Å². The van der Waals surface area contributed by atoms with Crippen LogP contribution in [0, 0.1) is 0 Å². The van der Waals surface area contributed by atoms with E-state index >= 15 is 0 Å². The molecule has 0 aliphatic heterocycles. The summed E-state index contributed by atoms with van der Waals surface area (Å²) in [5.41, 5.74) is 7.34. The normalized spacial score (nSPS) is 11.5. The van der Waals surface area contributed by atoms with Gasteiger partial charge in [0, 0.05) is 6.54 Å². The highest BCUT2D eigenvalue weighted by Gasteiger charge is 2.21. The van der Waals surface area contributed by atoms with Crippen molar-refractivity contribution in [1.82, 2.24) is 4.98 Å². The molecule has 0 unspecified atom stereocenters. The first kappa shape index (κ1) is 14.9. The second-order valence-corrected chi connectivity index (χ2v) is 7.97. The molecule has 2 aromatic carbocycles. The lowest BCUT2D eigenvalue weighted by Crippen LogP contribution is -1.99. The van der Waals surface area contributed by atoms with Gasteiger partial charge in [0.25, 0.3) is 0 Å². The predicted octanol–water partition coefficient (Wildman–Crippen LogP) is 3.10. The fraction of sp³-hybridized carbons (Fsp3) is 0.0625. The summed E-state index contributed by atoms with van der Waals surface area (Å²) in [5.74, 6) is 0. The first-order chi connectivity index (χ1) is 10.6. The molecule has 4 nitrogen and oxygen atoms in total. The van der Waals surface area contributed by atoms with Gasteiger partial charge in [-0.25, -0.2) is 13.4 Å². The van der Waals surface area contributed by atoms with E-state index in [0.717, 1.165) is 22.5 Å². The second kappa shape index (κ2) is 6.00. The second-order valence-electron chi connectivity index (χ2n) is 4.67. The van der Waals surface area contributed by atoms with E-state index in [1.807, 2.05) is 36.4 Å². The first-order valence-corrected chi connectivity index (χ1v) is 8.96. The van der Waals surface area contributed by atoms with E-state index in [4.69, 9.17) is 5.73 Å². The summed E-state index contributed by atoms with van der Waals surface area (Å²) < 4.78 is 25.6. The molecule has 0 bridgehead atoms. The molecule has 3 aromatic rings. The van der Waals surface area contributed by atoms with Crippen molar-refractivity contribution in [2.45, 2.75) is 15.6 Å². The van der Waals surface area contributed by atoms with Gasteiger partial charge < -0.3 is 5.73 Å². The van der Waals surface area contributed by atoms with Gasteiger partial charge in [-0.05, 0) is 23.3 Å². The third kappa shape index (κ3) is 2.81. The topological polar surface area (TPSA) is 73.0 Å². The lowest BCUT2D eigenvalue weighted by atomic mass is 10.1. The Morgan fingerprint density at radius 2 is 1.73 bits per heavy atom. The molecule has 0 aliphatic rings. The average Bonchev–Trinajstić information content (AvgIpc) is 3.06. The largest absolute Gasteiger partial charge is 0.325 e. The molecule has 22 heavy (non-hydrogen) atoms. The van der Waals surface area contributed by atoms with Crippen LogP contribution in [-0.2, 0) is 16.4 Å². The zero-order valence-electron chi connectivity index (χ0n) is 11.6. The first-order valence-electron chi connectivity index (χ1n) is 6.66. The van der Waals surface area contributed by atoms with Crippen molar-refractivity contribution in [2.24, 2.45) is 5.73 Å². The van der Waals surface area contributed by atoms with Crippen LogP contribution < -0.4 is 5.73 Å². The van der Waals surface area contributed by atoms with Gasteiger partial charge in [-0.3, -0.25) is 0 Å². The zero-order valence-corrected chi connectivity index (χ0v) is 13.3. The molecule has 0 saturated heterocycles. The maximum absolute atomic E-state index is 12.7. The zero-order chi connectivity index (χ0) is 15.6. The van der Waals surface area contributed by atoms with Gasteiger partial charge in [-0.1, -0.05) is 42.5 Å². The number of hydrogen-bond acceptors (Lipinski definition) is 5. The van der Waals surface area contributed by atoms with Crippen LogP contribution in [0.1, 0.15) is 5.01 Å². The van der Waals surface area contributed by atoms with Gasteiger partial charge in [-0.2, -0.15) is 0 Å². The Kier molecular flexibility index (Phi) is 4.06. The molecule has 3 rings (SSSR count). The van der Waals surface area contributed by atoms with Crippen molar-refractivity contribution in [3.63, 3.8) is 0 Å². The summed E-state index contributed by atoms with van der Waals surface area (Å²) in [6, 6.07) is 16.6. The van der Waals surface area contributed by atoms with Gasteiger partial charge in [-0.15, -0.1) is 11.3 Å². The molecule has 6 heteroatoms. The molecule has 0 fully saturated rings. The number of aromatic nitrogens is 1. The number of nitrogens with two attached hydrogens (primary N) is 1. The Balaban J connectivity index is 2.05. The molecule has 0 radical (unpaired) electrons. The highest BCUT2D eigenvalue weighted by molar-refractivity contribution is 7.93. The molecule has 0 spiro atoms. The molecule has 0 amide bonds. The van der Waals surface area contributed by atoms with Crippen molar-refractivity contribution in [2.75, 3.05) is 0 Å². The summed E-state index contributed by atoms with van der Waals surface area (Å²) in [6.45, 7) is 0.240. The average molecular weight is 330 g/mol. The standard InChI is InChI=1S/C16H14N2O2S2/c17-10-15-18-11-16(21-15)22(19,20)14-8-4-7-13(9-14)12-5-2-1-3-6-12/h1-9,11H,10,17H2. The minimum Gasteiger partial charge on any atom is -0.325 e. The van der Waals surface area contributed by atoms with Crippen molar-refractivity contribution in [1.29, 1.82) is 0 Å². The molecule has 1 aromatic heterocycles. The number of hydrogen-bond donors (Lipinski definition) is 1. The van der Waals surface area contributed by atoms with Crippen LogP contribution in [0.3, 0.4) is 0 Å². The van der Waals surface area contributed by atoms with E-state index in [1.54, 1.807) is 18.2 Å². The van der Waals surface area contributed by atoms with Crippen LogP contribution in [-0.4, -0.2) is 13.4 Å². The predicted molar refractivity (Wildman–Crippen MR) is 87.3 cm³/mol. The van der Waals surface area contributed by atoms with Gasteiger partial charge in [0.15, 0.2) is 0 Å². The third-order valence-corrected chi connectivity index (χ3v) is 6.46. The fourth-order valence-corrected chi connectivity index (χ4v) is 4.61. The molecule has 112 valence electrons. The maximum atomic E-state index is 12.7. The van der Waals surface area contributed by atoms with Crippen LogP contribution in [0.15, 0.2) is 69.9 Å². The number of sulfone groups is 1. The van der Waals surface area contributed by atoms with E-state index in [-0.39, 0.29) is 15.6 Å². The summed E-state index contributed by atoms with van der Waals surface area (Å²) in [7, 11) is -3.56. The highest BCUT2D eigenvalue weighted by Crippen LogP contribution is 2.29. The van der Waals surface area contributed by atoms with Crippen LogP contribution in [0.2, 0.25) is 0 Å². The number of nitrogens with zero attached hydrogens (tertiary/aromatic N) is 1. The third-order valence-electron chi connectivity index (χ3n) is 3.22. The quantitative estimate of drug-likeness (QED) is 0.798. The van der Waals surface area contributed by atoms with E-state index in [1.165, 1.54) is 6.20 Å². The Labute approximate surface area is 133 Å². The SMILES string of the molecule is NCc1ncc(S(=O)(=O)c2cccc(-c3ccccc3)c2)s1. The Morgan fingerprint density at radius 3 is 2.41 bits per heavy atom. The van der Waals surface area contributed by atoms with Crippen LogP contribution in [0.25, 0.3) is 11.1 Å². The molecule has 1 heterocycles. The van der Waals surface area contributed by atoms with Crippen molar-refractivity contribution < 1.29 is 8.42 Å². The van der Waals surface area contributed by atoms with Crippen molar-refractivity contribution in [3.05, 3.63) is 65.8 Å². The van der Waals surface area contributed by atoms with Crippen LogP contribution in [0.5, 0.6) is 0 Å². The van der Waals surface area contributed by atoms with E-state index in [0.29, 0.717) is 5.01 Å². The summed E-state index contributed by atoms with van der Waals surface area (Å²) in [6.07, 6.45) is 1.37. The minimum absolute atomic E-state index is 0.221. The molecule has 0 saturated carbocycles. The smallest absolute Gasteiger partial charge is 0.217 e.